The first kappa shape index (κ1) is 21.3. The Kier molecular flexibility index (Phi) is 6.17. The summed E-state index contributed by atoms with van der Waals surface area (Å²) in [5.41, 5.74) is 3.27. The number of carboxylic acids is 1. The van der Waals surface area contributed by atoms with Crippen LogP contribution in [0.1, 0.15) is 35.6 Å². The molecule has 0 bridgehead atoms. The molecule has 0 radical (unpaired) electrons. The maximum absolute atomic E-state index is 11.7. The van der Waals surface area contributed by atoms with Gasteiger partial charge in [0.1, 0.15) is 12.4 Å². The average Bonchev–Trinajstić information content (AvgIpc) is 3.33. The van der Waals surface area contributed by atoms with Crippen molar-refractivity contribution in [3.63, 3.8) is 0 Å². The van der Waals surface area contributed by atoms with Gasteiger partial charge in [-0.3, -0.25) is 9.69 Å². The highest BCUT2D eigenvalue weighted by atomic mass is 16.7. The zero-order valence-corrected chi connectivity index (χ0v) is 18.4. The molecule has 0 spiro atoms. The van der Waals surface area contributed by atoms with E-state index in [4.69, 9.17) is 14.2 Å². The summed E-state index contributed by atoms with van der Waals surface area (Å²) in [6.07, 6.45) is 1.57. The lowest BCUT2D eigenvalue weighted by Gasteiger charge is -2.37. The van der Waals surface area contributed by atoms with Crippen molar-refractivity contribution in [2.24, 2.45) is 5.92 Å². The average molecular weight is 446 g/mol. The summed E-state index contributed by atoms with van der Waals surface area (Å²) in [6.45, 7) is 2.09. The highest BCUT2D eigenvalue weighted by molar-refractivity contribution is 5.70. The minimum Gasteiger partial charge on any atom is -0.489 e. The predicted octanol–water partition coefficient (Wildman–Crippen LogP) is 4.88. The van der Waals surface area contributed by atoms with E-state index in [0.29, 0.717) is 19.6 Å². The van der Waals surface area contributed by atoms with Crippen LogP contribution in [-0.4, -0.2) is 35.9 Å². The third kappa shape index (κ3) is 4.81. The minimum atomic E-state index is -0.728. The first-order valence-corrected chi connectivity index (χ1v) is 11.3. The molecule has 2 aliphatic rings. The Bertz CT molecular complexity index is 1100. The van der Waals surface area contributed by atoms with E-state index >= 15 is 0 Å². The Labute approximate surface area is 193 Å². The van der Waals surface area contributed by atoms with Gasteiger partial charge in [-0.25, -0.2) is 0 Å². The third-order valence-electron chi connectivity index (χ3n) is 6.32. The molecule has 2 atom stereocenters. The predicted molar refractivity (Wildman–Crippen MR) is 124 cm³/mol. The Balaban J connectivity index is 1.41. The molecule has 1 N–H and O–H groups in total. The largest absolute Gasteiger partial charge is 0.489 e. The van der Waals surface area contributed by atoms with Gasteiger partial charge in [0.05, 0.1) is 12.0 Å². The van der Waals surface area contributed by atoms with Crippen LogP contribution >= 0.6 is 0 Å². The number of aliphatic carboxylic acids is 1. The van der Waals surface area contributed by atoms with Gasteiger partial charge in [-0.2, -0.15) is 0 Å². The van der Waals surface area contributed by atoms with Gasteiger partial charge in [-0.05, 0) is 60.3 Å². The molecule has 0 amide bonds. The van der Waals surface area contributed by atoms with Crippen LogP contribution in [0.4, 0.5) is 0 Å². The first-order chi connectivity index (χ1) is 16.2. The van der Waals surface area contributed by atoms with Crippen molar-refractivity contribution in [2.45, 2.75) is 25.5 Å². The lowest BCUT2D eigenvalue weighted by Crippen LogP contribution is -2.41. The number of rotatable bonds is 7. The standard InChI is InChI=1S/C27H27NO5/c29-27(30)22-7-4-14-28(16-22)26(21-10-13-24-25(15-21)33-18-32-24)20-8-11-23(12-9-20)31-17-19-5-2-1-3-6-19/h1-3,5-6,8-13,15,22,26H,4,7,14,16-18H2,(H,29,30). The maximum atomic E-state index is 11.7. The van der Waals surface area contributed by atoms with Crippen molar-refractivity contribution >= 4 is 5.97 Å². The summed E-state index contributed by atoms with van der Waals surface area (Å²) in [5, 5.41) is 9.62. The summed E-state index contributed by atoms with van der Waals surface area (Å²) in [7, 11) is 0. The second kappa shape index (κ2) is 9.55. The number of carboxylic acid groups (broad SMARTS) is 1. The van der Waals surface area contributed by atoms with Crippen LogP contribution in [0.5, 0.6) is 17.2 Å². The van der Waals surface area contributed by atoms with Crippen LogP contribution in [0.3, 0.4) is 0 Å². The van der Waals surface area contributed by atoms with Crippen LogP contribution < -0.4 is 14.2 Å². The molecule has 0 aliphatic carbocycles. The topological polar surface area (TPSA) is 68.2 Å². The smallest absolute Gasteiger partial charge is 0.307 e. The molecule has 6 nitrogen and oxygen atoms in total. The van der Waals surface area contributed by atoms with E-state index in [1.165, 1.54) is 0 Å². The Morgan fingerprint density at radius 2 is 1.76 bits per heavy atom. The maximum Gasteiger partial charge on any atom is 0.307 e. The molecule has 2 aliphatic heterocycles. The molecule has 1 fully saturated rings. The minimum absolute atomic E-state index is 0.0789. The molecule has 3 aromatic rings. The van der Waals surface area contributed by atoms with Gasteiger partial charge in [-0.15, -0.1) is 0 Å². The number of piperidine rings is 1. The lowest BCUT2D eigenvalue weighted by atomic mass is 9.91. The zero-order chi connectivity index (χ0) is 22.6. The molecule has 1 saturated heterocycles. The fourth-order valence-electron chi connectivity index (χ4n) is 4.63. The number of hydrogen-bond acceptors (Lipinski definition) is 5. The highest BCUT2D eigenvalue weighted by Crippen LogP contribution is 2.39. The summed E-state index contributed by atoms with van der Waals surface area (Å²) >= 11 is 0. The number of carbonyl (C=O) groups is 1. The quantitative estimate of drug-likeness (QED) is 0.559. The van der Waals surface area contributed by atoms with Gasteiger partial charge in [0, 0.05) is 6.54 Å². The normalized spacial score (nSPS) is 18.6. The highest BCUT2D eigenvalue weighted by Gasteiger charge is 2.32. The number of likely N-dealkylation sites (tertiary alicyclic amines) is 1. The number of hydrogen-bond donors (Lipinski definition) is 1. The van der Waals surface area contributed by atoms with E-state index in [9.17, 15) is 9.90 Å². The molecule has 5 rings (SSSR count). The van der Waals surface area contributed by atoms with Crippen molar-refractivity contribution < 1.29 is 24.1 Å². The summed E-state index contributed by atoms with van der Waals surface area (Å²) in [5.74, 6) is 1.18. The fourth-order valence-corrected chi connectivity index (χ4v) is 4.63. The fraction of sp³-hybridized carbons (Fsp3) is 0.296. The Morgan fingerprint density at radius 3 is 2.55 bits per heavy atom. The van der Waals surface area contributed by atoms with Crippen LogP contribution in [0, 0.1) is 5.92 Å². The van der Waals surface area contributed by atoms with Gasteiger partial charge in [0.15, 0.2) is 11.5 Å². The van der Waals surface area contributed by atoms with Gasteiger partial charge in [-0.1, -0.05) is 48.5 Å². The first-order valence-electron chi connectivity index (χ1n) is 11.3. The van der Waals surface area contributed by atoms with Gasteiger partial charge in [0.2, 0.25) is 6.79 Å². The summed E-state index contributed by atoms with van der Waals surface area (Å²) in [6, 6.07) is 24.1. The molecule has 33 heavy (non-hydrogen) atoms. The monoisotopic (exact) mass is 445 g/mol. The third-order valence-corrected chi connectivity index (χ3v) is 6.32. The van der Waals surface area contributed by atoms with Gasteiger partial charge < -0.3 is 19.3 Å². The molecular formula is C27H27NO5. The van der Waals surface area contributed by atoms with E-state index in [0.717, 1.165) is 46.9 Å². The van der Waals surface area contributed by atoms with Crippen LogP contribution in [0.15, 0.2) is 72.8 Å². The van der Waals surface area contributed by atoms with Crippen molar-refractivity contribution in [2.75, 3.05) is 19.9 Å². The number of benzene rings is 3. The number of ether oxygens (including phenoxy) is 3. The van der Waals surface area contributed by atoms with E-state index in [1.807, 2.05) is 60.7 Å². The zero-order valence-electron chi connectivity index (χ0n) is 18.4. The number of fused-ring (bicyclic) bond motifs is 1. The van der Waals surface area contributed by atoms with E-state index in [2.05, 4.69) is 17.0 Å². The van der Waals surface area contributed by atoms with Crippen molar-refractivity contribution in [1.29, 1.82) is 0 Å². The van der Waals surface area contributed by atoms with Crippen LogP contribution in [-0.2, 0) is 11.4 Å². The molecular weight excluding hydrogens is 418 g/mol. The molecule has 0 saturated carbocycles. The summed E-state index contributed by atoms with van der Waals surface area (Å²) < 4.78 is 17.1. The second-order valence-corrected chi connectivity index (χ2v) is 8.53. The van der Waals surface area contributed by atoms with Crippen molar-refractivity contribution in [3.05, 3.63) is 89.5 Å². The molecule has 6 heteroatoms. The van der Waals surface area contributed by atoms with Crippen LogP contribution in [0.2, 0.25) is 0 Å². The Hall–Kier alpha value is -3.51. The van der Waals surface area contributed by atoms with E-state index in [-0.39, 0.29) is 18.8 Å². The van der Waals surface area contributed by atoms with E-state index < -0.39 is 5.97 Å². The van der Waals surface area contributed by atoms with Crippen molar-refractivity contribution in [3.8, 4) is 17.2 Å². The van der Waals surface area contributed by atoms with E-state index in [1.54, 1.807) is 0 Å². The summed E-state index contributed by atoms with van der Waals surface area (Å²) in [4.78, 5) is 14.0. The molecule has 3 aromatic carbocycles. The SMILES string of the molecule is O=C(O)C1CCCN(C(c2ccc(OCc3ccccc3)cc2)c2ccc3c(c2)OCO3)C1. The van der Waals surface area contributed by atoms with Crippen LogP contribution in [0.25, 0.3) is 0 Å². The van der Waals surface area contributed by atoms with Crippen molar-refractivity contribution in [1.82, 2.24) is 4.90 Å². The molecule has 2 unspecified atom stereocenters. The second-order valence-electron chi connectivity index (χ2n) is 8.53. The van der Waals surface area contributed by atoms with Gasteiger partial charge >= 0.3 is 5.97 Å². The van der Waals surface area contributed by atoms with Gasteiger partial charge in [0.25, 0.3) is 0 Å². The molecule has 2 heterocycles. The molecule has 170 valence electrons. The Morgan fingerprint density at radius 1 is 1.00 bits per heavy atom. The number of nitrogens with zero attached hydrogens (tertiary/aromatic N) is 1. The molecule has 0 aromatic heterocycles. The lowest BCUT2D eigenvalue weighted by molar-refractivity contribution is -0.143.